The number of H-pyrrole nitrogens is 1. The van der Waals surface area contributed by atoms with Crippen LogP contribution in [-0.4, -0.2) is 35.7 Å². The van der Waals surface area contributed by atoms with Gasteiger partial charge >= 0.3 is 5.69 Å². The van der Waals surface area contributed by atoms with Gasteiger partial charge in [0.1, 0.15) is 5.82 Å². The lowest BCUT2D eigenvalue weighted by atomic mass is 9.86. The van der Waals surface area contributed by atoms with Gasteiger partial charge in [0.15, 0.2) is 5.69 Å². The van der Waals surface area contributed by atoms with Gasteiger partial charge in [0, 0.05) is 25.8 Å². The van der Waals surface area contributed by atoms with Gasteiger partial charge in [0.25, 0.3) is 11.5 Å². The first-order valence-electron chi connectivity index (χ1n) is 11.2. The molecule has 2 aromatic carbocycles. The third-order valence-electron chi connectivity index (χ3n) is 5.64. The van der Waals surface area contributed by atoms with Gasteiger partial charge in [0.05, 0.1) is 6.54 Å². The van der Waals surface area contributed by atoms with Crippen LogP contribution < -0.4 is 21.9 Å². The molecule has 0 atom stereocenters. The normalized spacial score (nSPS) is 11.4. The van der Waals surface area contributed by atoms with E-state index in [1.165, 1.54) is 9.47 Å². The number of aromatic nitrogens is 2. The van der Waals surface area contributed by atoms with Crippen molar-refractivity contribution in [3.8, 4) is 0 Å². The van der Waals surface area contributed by atoms with E-state index in [9.17, 15) is 14.4 Å². The number of aromatic amines is 1. The zero-order valence-electron chi connectivity index (χ0n) is 20.1. The number of amides is 1. The number of nitrogen functional groups attached to an aromatic ring is 1. The van der Waals surface area contributed by atoms with E-state index in [1.807, 2.05) is 42.5 Å². The molecule has 1 amide bonds. The van der Waals surface area contributed by atoms with Gasteiger partial charge in [0.2, 0.25) is 0 Å². The number of nitrogens with one attached hydrogen (secondary N) is 1. The summed E-state index contributed by atoms with van der Waals surface area (Å²) in [5, 5.41) is 0. The van der Waals surface area contributed by atoms with Crippen LogP contribution in [0.4, 0.5) is 11.5 Å². The van der Waals surface area contributed by atoms with Crippen molar-refractivity contribution < 1.29 is 9.53 Å². The summed E-state index contributed by atoms with van der Waals surface area (Å²) in [6.07, 6.45) is 0.485. The molecule has 0 bridgehead atoms. The van der Waals surface area contributed by atoms with Crippen molar-refractivity contribution in [2.45, 2.75) is 39.2 Å². The molecule has 0 aliphatic carbocycles. The van der Waals surface area contributed by atoms with Crippen LogP contribution in [0.25, 0.3) is 0 Å². The first kappa shape index (κ1) is 25.0. The molecule has 0 saturated heterocycles. The molecule has 3 N–H and O–H groups in total. The number of nitrogens with zero attached hydrogens (tertiary/aromatic N) is 2. The number of rotatable bonds is 8. The standard InChI is InChI=1S/C26H32N4O4/c1-26(2,3)20-13-11-19(12-14-20)24(32)29(15-8-16-34-4)21-22(27)30(25(33)28-23(21)31)17-18-9-6-5-7-10-18/h5-7,9-14H,8,15-17,27H2,1-4H3,(H,28,31,33). The molecular weight excluding hydrogens is 432 g/mol. The van der Waals surface area contributed by atoms with Gasteiger partial charge in [-0.1, -0.05) is 63.2 Å². The molecule has 0 radical (unpaired) electrons. The van der Waals surface area contributed by atoms with Crippen LogP contribution in [0.3, 0.4) is 0 Å². The predicted molar refractivity (Wildman–Crippen MR) is 135 cm³/mol. The number of nitrogens with two attached hydrogens (primary N) is 1. The number of methoxy groups -OCH3 is 1. The fourth-order valence-corrected chi connectivity index (χ4v) is 3.71. The monoisotopic (exact) mass is 464 g/mol. The molecule has 0 spiro atoms. The third kappa shape index (κ3) is 5.63. The summed E-state index contributed by atoms with van der Waals surface area (Å²) >= 11 is 0. The SMILES string of the molecule is COCCCN(C(=O)c1ccc(C(C)(C)C)cc1)c1c(N)n(Cc2ccccc2)c(=O)[nH]c1=O. The lowest BCUT2D eigenvalue weighted by molar-refractivity contribution is 0.0983. The van der Waals surface area contributed by atoms with Crippen LogP contribution in [0, 0.1) is 0 Å². The highest BCUT2D eigenvalue weighted by molar-refractivity contribution is 6.07. The Labute approximate surface area is 199 Å². The van der Waals surface area contributed by atoms with Crippen LogP contribution in [0.2, 0.25) is 0 Å². The van der Waals surface area contributed by atoms with Crippen molar-refractivity contribution in [2.75, 3.05) is 30.9 Å². The topological polar surface area (TPSA) is 110 Å². The average molecular weight is 465 g/mol. The molecule has 0 aliphatic heterocycles. The number of ether oxygens (including phenoxy) is 1. The Morgan fingerprint density at radius 1 is 1.06 bits per heavy atom. The van der Waals surface area contributed by atoms with Crippen molar-refractivity contribution in [3.05, 3.63) is 92.1 Å². The molecule has 1 heterocycles. The minimum Gasteiger partial charge on any atom is -0.385 e. The lowest BCUT2D eigenvalue weighted by Crippen LogP contribution is -2.42. The first-order valence-corrected chi connectivity index (χ1v) is 11.2. The quantitative estimate of drug-likeness (QED) is 0.498. The van der Waals surface area contributed by atoms with Crippen LogP contribution >= 0.6 is 0 Å². The smallest absolute Gasteiger partial charge is 0.330 e. The highest BCUT2D eigenvalue weighted by Gasteiger charge is 2.25. The van der Waals surface area contributed by atoms with Crippen LogP contribution in [0.5, 0.6) is 0 Å². The number of carbonyl (C=O) groups is 1. The van der Waals surface area contributed by atoms with Gasteiger partial charge in [-0.05, 0) is 35.1 Å². The number of hydrogen-bond acceptors (Lipinski definition) is 5. The summed E-state index contributed by atoms with van der Waals surface area (Å²) in [7, 11) is 1.57. The maximum atomic E-state index is 13.5. The van der Waals surface area contributed by atoms with E-state index in [0.29, 0.717) is 18.6 Å². The average Bonchev–Trinajstić information content (AvgIpc) is 2.80. The molecule has 0 saturated carbocycles. The third-order valence-corrected chi connectivity index (χ3v) is 5.64. The van der Waals surface area contributed by atoms with E-state index in [-0.39, 0.29) is 35.9 Å². The molecule has 3 rings (SSSR count). The Kier molecular flexibility index (Phi) is 7.73. The van der Waals surface area contributed by atoms with Gasteiger partial charge in [-0.3, -0.25) is 19.1 Å². The number of anilines is 2. The summed E-state index contributed by atoms with van der Waals surface area (Å²) in [6, 6.07) is 16.6. The fraction of sp³-hybridized carbons (Fsp3) is 0.346. The second-order valence-corrected chi connectivity index (χ2v) is 9.20. The van der Waals surface area contributed by atoms with Crippen molar-refractivity contribution in [1.82, 2.24) is 9.55 Å². The minimum absolute atomic E-state index is 0.0449. The first-order chi connectivity index (χ1) is 16.1. The molecule has 8 nitrogen and oxygen atoms in total. The Hall–Kier alpha value is -3.65. The fourth-order valence-electron chi connectivity index (χ4n) is 3.71. The van der Waals surface area contributed by atoms with E-state index in [0.717, 1.165) is 11.1 Å². The molecule has 0 unspecified atom stereocenters. The Morgan fingerprint density at radius 2 is 1.71 bits per heavy atom. The summed E-state index contributed by atoms with van der Waals surface area (Å²) in [5.74, 6) is -0.437. The zero-order chi connectivity index (χ0) is 24.9. The summed E-state index contributed by atoms with van der Waals surface area (Å²) < 4.78 is 6.41. The predicted octanol–water partition coefficient (Wildman–Crippen LogP) is 3.15. The van der Waals surface area contributed by atoms with Gasteiger partial charge in [-0.25, -0.2) is 4.79 Å². The zero-order valence-corrected chi connectivity index (χ0v) is 20.1. The van der Waals surface area contributed by atoms with Gasteiger partial charge < -0.3 is 15.4 Å². The van der Waals surface area contributed by atoms with Crippen molar-refractivity contribution >= 4 is 17.4 Å². The maximum absolute atomic E-state index is 13.5. The van der Waals surface area contributed by atoms with Crippen molar-refractivity contribution in [1.29, 1.82) is 0 Å². The minimum atomic E-state index is -0.705. The van der Waals surface area contributed by atoms with Crippen molar-refractivity contribution in [2.24, 2.45) is 0 Å². The van der Waals surface area contributed by atoms with Crippen molar-refractivity contribution in [3.63, 3.8) is 0 Å². The molecule has 3 aromatic rings. The molecule has 8 heteroatoms. The molecule has 0 aliphatic rings. The van der Waals surface area contributed by atoms with E-state index in [4.69, 9.17) is 10.5 Å². The molecule has 34 heavy (non-hydrogen) atoms. The Bertz CT molecular complexity index is 1240. The number of hydrogen-bond donors (Lipinski definition) is 2. The van der Waals surface area contributed by atoms with Gasteiger partial charge in [-0.2, -0.15) is 0 Å². The second kappa shape index (κ2) is 10.5. The largest absolute Gasteiger partial charge is 0.385 e. The lowest BCUT2D eigenvalue weighted by Gasteiger charge is -2.25. The van der Waals surface area contributed by atoms with E-state index in [1.54, 1.807) is 19.2 Å². The Morgan fingerprint density at radius 3 is 2.29 bits per heavy atom. The van der Waals surface area contributed by atoms with Gasteiger partial charge in [-0.15, -0.1) is 0 Å². The summed E-state index contributed by atoms with van der Waals surface area (Å²) in [5.41, 5.74) is 7.26. The Balaban J connectivity index is 2.06. The van der Waals surface area contributed by atoms with Crippen LogP contribution in [0.1, 0.15) is 48.7 Å². The molecule has 1 aromatic heterocycles. The van der Waals surface area contributed by atoms with E-state index in [2.05, 4.69) is 25.8 Å². The highest BCUT2D eigenvalue weighted by atomic mass is 16.5. The summed E-state index contributed by atoms with van der Waals surface area (Å²) in [4.78, 5) is 42.7. The molecule has 0 fully saturated rings. The van der Waals surface area contributed by atoms with Crippen LogP contribution in [0.15, 0.2) is 64.2 Å². The molecule has 180 valence electrons. The maximum Gasteiger partial charge on any atom is 0.330 e. The highest BCUT2D eigenvalue weighted by Crippen LogP contribution is 2.24. The second-order valence-electron chi connectivity index (χ2n) is 9.20. The summed E-state index contributed by atoms with van der Waals surface area (Å²) in [6.45, 7) is 7.04. The van der Waals surface area contributed by atoms with Crippen LogP contribution in [-0.2, 0) is 16.7 Å². The number of benzene rings is 2. The van der Waals surface area contributed by atoms with E-state index < -0.39 is 11.2 Å². The van der Waals surface area contributed by atoms with E-state index >= 15 is 0 Å². The molecular formula is C26H32N4O4. The number of carbonyl (C=O) groups excluding carboxylic acids is 1.